The average Bonchev–Trinajstić information content (AvgIpc) is 2.97. The van der Waals surface area contributed by atoms with E-state index in [9.17, 15) is 14.7 Å². The summed E-state index contributed by atoms with van der Waals surface area (Å²) >= 11 is 2.99. The van der Waals surface area contributed by atoms with Crippen molar-refractivity contribution in [3.8, 4) is 0 Å². The Hall–Kier alpha value is -1.01. The number of hydrogen-bond acceptors (Lipinski definition) is 4. The molecule has 1 aliphatic rings. The van der Waals surface area contributed by atoms with Gasteiger partial charge in [0.05, 0.1) is 4.88 Å². The molecule has 0 bridgehead atoms. The Bertz CT molecular complexity index is 464. The summed E-state index contributed by atoms with van der Waals surface area (Å²) in [5, 5.41) is 12.0. The van der Waals surface area contributed by atoms with E-state index in [1.165, 1.54) is 11.3 Å². The quantitative estimate of drug-likeness (QED) is 0.888. The molecule has 6 heteroatoms. The Balaban J connectivity index is 2.12. The molecule has 1 fully saturated rings. The molecule has 2 N–H and O–H groups in total. The zero-order chi connectivity index (χ0) is 13.2. The molecule has 0 aliphatic carbocycles. The van der Waals surface area contributed by atoms with Crippen molar-refractivity contribution in [1.82, 2.24) is 5.32 Å². The second-order valence-corrected chi connectivity index (χ2v) is 6.54. The molecule has 0 saturated carbocycles. The van der Waals surface area contributed by atoms with Gasteiger partial charge < -0.3 is 10.4 Å². The Labute approximate surface area is 114 Å². The molecule has 1 unspecified atom stereocenters. The number of carboxylic acid groups (broad SMARTS) is 1. The fourth-order valence-corrected chi connectivity index (χ4v) is 4.02. The molecule has 2 heterocycles. The average molecular weight is 285 g/mol. The van der Waals surface area contributed by atoms with Crippen LogP contribution in [-0.2, 0) is 11.2 Å². The van der Waals surface area contributed by atoms with Crippen molar-refractivity contribution in [1.29, 1.82) is 0 Å². The molecule has 1 saturated heterocycles. The van der Waals surface area contributed by atoms with Gasteiger partial charge in [-0.2, -0.15) is 11.8 Å². The van der Waals surface area contributed by atoms with Crippen LogP contribution in [0.4, 0.5) is 0 Å². The van der Waals surface area contributed by atoms with Crippen LogP contribution in [0.1, 0.15) is 27.9 Å². The van der Waals surface area contributed by atoms with Gasteiger partial charge in [-0.1, -0.05) is 6.92 Å². The molecule has 2 rings (SSSR count). The number of hydrogen-bond donors (Lipinski definition) is 2. The van der Waals surface area contributed by atoms with E-state index in [0.29, 0.717) is 17.1 Å². The van der Waals surface area contributed by atoms with Gasteiger partial charge in [-0.05, 0) is 30.7 Å². The maximum absolute atomic E-state index is 12.1. The van der Waals surface area contributed by atoms with Crippen molar-refractivity contribution in [2.45, 2.75) is 25.3 Å². The molecule has 0 spiro atoms. The van der Waals surface area contributed by atoms with Crippen LogP contribution in [-0.4, -0.2) is 34.0 Å². The van der Waals surface area contributed by atoms with E-state index in [1.807, 2.05) is 13.0 Å². The van der Waals surface area contributed by atoms with Gasteiger partial charge in [-0.3, -0.25) is 4.79 Å². The standard InChI is InChI=1S/C12H15NO3S2/c1-2-8-3-4-9(18-8)10(14)13-12(11(15)16)5-6-17-7-12/h3-4H,2,5-7H2,1H3,(H,13,14)(H,15,16). The van der Waals surface area contributed by atoms with Crippen LogP contribution in [0.5, 0.6) is 0 Å². The van der Waals surface area contributed by atoms with Gasteiger partial charge in [0.1, 0.15) is 5.54 Å². The molecule has 1 atom stereocenters. The van der Waals surface area contributed by atoms with E-state index in [0.717, 1.165) is 17.1 Å². The van der Waals surface area contributed by atoms with Crippen LogP contribution in [0.2, 0.25) is 0 Å². The third-order valence-corrected chi connectivity index (χ3v) is 5.44. The van der Waals surface area contributed by atoms with Crippen molar-refractivity contribution in [2.24, 2.45) is 0 Å². The van der Waals surface area contributed by atoms with Crippen molar-refractivity contribution in [2.75, 3.05) is 11.5 Å². The van der Waals surface area contributed by atoms with Crippen LogP contribution >= 0.6 is 23.1 Å². The number of carboxylic acids is 1. The molecule has 98 valence electrons. The maximum Gasteiger partial charge on any atom is 0.330 e. The molecule has 1 aromatic heterocycles. The van der Waals surface area contributed by atoms with Gasteiger partial charge in [0.15, 0.2) is 0 Å². The lowest BCUT2D eigenvalue weighted by molar-refractivity contribution is -0.143. The number of amides is 1. The lowest BCUT2D eigenvalue weighted by atomic mass is 9.99. The predicted octanol–water partition coefficient (Wildman–Crippen LogP) is 2.00. The summed E-state index contributed by atoms with van der Waals surface area (Å²) in [4.78, 5) is 25.1. The molecule has 4 nitrogen and oxygen atoms in total. The van der Waals surface area contributed by atoms with E-state index in [2.05, 4.69) is 5.32 Å². The highest BCUT2D eigenvalue weighted by atomic mass is 32.2. The van der Waals surface area contributed by atoms with E-state index in [1.54, 1.807) is 17.8 Å². The van der Waals surface area contributed by atoms with Crippen LogP contribution in [0.15, 0.2) is 12.1 Å². The summed E-state index contributed by atoms with van der Waals surface area (Å²) in [5.41, 5.74) is -1.09. The van der Waals surface area contributed by atoms with Gasteiger partial charge in [0, 0.05) is 10.6 Å². The predicted molar refractivity (Wildman–Crippen MR) is 73.5 cm³/mol. The first-order valence-electron chi connectivity index (χ1n) is 5.80. The Morgan fingerprint density at radius 3 is 2.78 bits per heavy atom. The number of aliphatic carboxylic acids is 1. The molecular weight excluding hydrogens is 270 g/mol. The highest BCUT2D eigenvalue weighted by Gasteiger charge is 2.43. The molecule has 18 heavy (non-hydrogen) atoms. The largest absolute Gasteiger partial charge is 0.479 e. The van der Waals surface area contributed by atoms with Gasteiger partial charge in [0.2, 0.25) is 0 Å². The summed E-state index contributed by atoms with van der Waals surface area (Å²) in [6, 6.07) is 3.67. The fourth-order valence-electron chi connectivity index (χ4n) is 1.85. The number of thiophene rings is 1. The number of thioether (sulfide) groups is 1. The van der Waals surface area contributed by atoms with Gasteiger partial charge >= 0.3 is 5.97 Å². The highest BCUT2D eigenvalue weighted by Crippen LogP contribution is 2.29. The summed E-state index contributed by atoms with van der Waals surface area (Å²) in [5.74, 6) is 0.00911. The molecule has 1 aromatic rings. The molecule has 1 aliphatic heterocycles. The first-order valence-corrected chi connectivity index (χ1v) is 7.77. The minimum Gasteiger partial charge on any atom is -0.479 e. The zero-order valence-corrected chi connectivity index (χ0v) is 11.7. The molecule has 1 amide bonds. The van der Waals surface area contributed by atoms with Gasteiger partial charge in [-0.15, -0.1) is 11.3 Å². The lowest BCUT2D eigenvalue weighted by Gasteiger charge is -2.24. The first-order chi connectivity index (χ1) is 8.57. The lowest BCUT2D eigenvalue weighted by Crippen LogP contribution is -2.54. The third kappa shape index (κ3) is 2.54. The van der Waals surface area contributed by atoms with Gasteiger partial charge in [-0.25, -0.2) is 4.79 Å². The molecule has 0 radical (unpaired) electrons. The van der Waals surface area contributed by atoms with Crippen molar-refractivity contribution in [3.05, 3.63) is 21.9 Å². The Kier molecular flexibility index (Phi) is 3.97. The van der Waals surface area contributed by atoms with Crippen LogP contribution in [0.3, 0.4) is 0 Å². The number of carbonyl (C=O) groups is 2. The smallest absolute Gasteiger partial charge is 0.330 e. The van der Waals surface area contributed by atoms with Crippen LogP contribution < -0.4 is 5.32 Å². The van der Waals surface area contributed by atoms with Crippen LogP contribution in [0, 0.1) is 0 Å². The zero-order valence-electron chi connectivity index (χ0n) is 10.1. The van der Waals surface area contributed by atoms with Crippen LogP contribution in [0.25, 0.3) is 0 Å². The minimum absolute atomic E-state index is 0.274. The summed E-state index contributed by atoms with van der Waals surface area (Å²) in [6.07, 6.45) is 1.38. The van der Waals surface area contributed by atoms with Crippen molar-refractivity contribution < 1.29 is 14.7 Å². The van der Waals surface area contributed by atoms with Gasteiger partial charge in [0.25, 0.3) is 5.91 Å². The summed E-state index contributed by atoms with van der Waals surface area (Å²) in [7, 11) is 0. The third-order valence-electron chi connectivity index (χ3n) is 3.02. The topological polar surface area (TPSA) is 66.4 Å². The number of nitrogens with one attached hydrogen (secondary N) is 1. The van der Waals surface area contributed by atoms with Crippen molar-refractivity contribution in [3.63, 3.8) is 0 Å². The molecule has 0 aromatic carbocycles. The van der Waals surface area contributed by atoms with Crippen molar-refractivity contribution >= 4 is 35.0 Å². The second kappa shape index (κ2) is 5.32. The number of aryl methyl sites for hydroxylation is 1. The minimum atomic E-state index is -1.09. The summed E-state index contributed by atoms with van der Waals surface area (Å²) in [6.45, 7) is 2.03. The number of carbonyl (C=O) groups excluding carboxylic acids is 1. The highest BCUT2D eigenvalue weighted by molar-refractivity contribution is 7.99. The van der Waals surface area contributed by atoms with E-state index in [-0.39, 0.29) is 5.91 Å². The van der Waals surface area contributed by atoms with E-state index in [4.69, 9.17) is 0 Å². The SMILES string of the molecule is CCc1ccc(C(=O)NC2(C(=O)O)CCSC2)s1. The maximum atomic E-state index is 12.1. The monoisotopic (exact) mass is 285 g/mol. The fraction of sp³-hybridized carbons (Fsp3) is 0.500. The Morgan fingerprint density at radius 2 is 2.28 bits per heavy atom. The van der Waals surface area contributed by atoms with E-state index >= 15 is 0 Å². The Morgan fingerprint density at radius 1 is 1.50 bits per heavy atom. The first kappa shape index (κ1) is 13.4. The number of rotatable bonds is 4. The second-order valence-electron chi connectivity index (χ2n) is 4.26. The summed E-state index contributed by atoms with van der Waals surface area (Å²) < 4.78 is 0. The normalized spacial score (nSPS) is 22.9. The van der Waals surface area contributed by atoms with E-state index < -0.39 is 11.5 Å². The molecular formula is C12H15NO3S2.